The molecule has 68 valence electrons. The van der Waals surface area contributed by atoms with E-state index < -0.39 is 0 Å². The highest BCUT2D eigenvalue weighted by molar-refractivity contribution is 7.10. The van der Waals surface area contributed by atoms with Gasteiger partial charge in [0, 0.05) is 0 Å². The highest BCUT2D eigenvalue weighted by Crippen LogP contribution is 2.27. The largest absolute Gasteiger partial charge is 0.192 e. The van der Waals surface area contributed by atoms with Gasteiger partial charge in [-0.1, -0.05) is 24.3 Å². The van der Waals surface area contributed by atoms with E-state index in [1.807, 2.05) is 23.6 Å². The summed E-state index contributed by atoms with van der Waals surface area (Å²) in [7, 11) is 0. The lowest BCUT2D eigenvalue weighted by Gasteiger charge is -2.01. The van der Waals surface area contributed by atoms with Crippen molar-refractivity contribution in [3.8, 4) is 17.2 Å². The molecule has 1 aromatic heterocycles. The van der Waals surface area contributed by atoms with Gasteiger partial charge in [-0.05, 0) is 35.1 Å². The van der Waals surface area contributed by atoms with Crippen molar-refractivity contribution in [1.82, 2.24) is 0 Å². The van der Waals surface area contributed by atoms with Crippen molar-refractivity contribution in [3.63, 3.8) is 0 Å². The number of thiophene rings is 1. The molecule has 0 bridgehead atoms. The fraction of sp³-hybridized carbons (Fsp3) is 0.0833. The summed E-state index contributed by atoms with van der Waals surface area (Å²) in [6, 6.07) is 12.3. The minimum atomic E-state index is 0.767. The molecular formula is C12H9NS. The lowest BCUT2D eigenvalue weighted by atomic mass is 10.0. The SMILES string of the molecule is Cc1ccccc1-c1csc(C#N)c1. The van der Waals surface area contributed by atoms with Crippen molar-refractivity contribution in [2.45, 2.75) is 6.92 Å². The summed E-state index contributed by atoms with van der Waals surface area (Å²) in [5.41, 5.74) is 3.60. The Balaban J connectivity index is 2.51. The molecule has 2 heteroatoms. The molecule has 0 radical (unpaired) electrons. The van der Waals surface area contributed by atoms with E-state index in [2.05, 4.69) is 25.1 Å². The summed E-state index contributed by atoms with van der Waals surface area (Å²) in [4.78, 5) is 0.767. The van der Waals surface area contributed by atoms with E-state index in [1.165, 1.54) is 22.5 Å². The van der Waals surface area contributed by atoms with Crippen LogP contribution in [0.1, 0.15) is 10.4 Å². The maximum atomic E-state index is 8.73. The molecular weight excluding hydrogens is 190 g/mol. The molecule has 0 spiro atoms. The Kier molecular flexibility index (Phi) is 2.34. The average Bonchev–Trinajstić information content (AvgIpc) is 2.67. The summed E-state index contributed by atoms with van der Waals surface area (Å²) in [5, 5.41) is 10.8. The Morgan fingerprint density at radius 3 is 2.71 bits per heavy atom. The third-order valence-electron chi connectivity index (χ3n) is 2.17. The van der Waals surface area contributed by atoms with Gasteiger partial charge >= 0.3 is 0 Å². The van der Waals surface area contributed by atoms with Gasteiger partial charge in [0.15, 0.2) is 0 Å². The summed E-state index contributed by atoms with van der Waals surface area (Å²) in [5.74, 6) is 0. The van der Waals surface area contributed by atoms with E-state index >= 15 is 0 Å². The molecule has 2 rings (SSSR count). The second-order valence-electron chi connectivity index (χ2n) is 3.13. The topological polar surface area (TPSA) is 23.8 Å². The molecule has 2 aromatic rings. The molecule has 0 amide bonds. The second kappa shape index (κ2) is 3.65. The second-order valence-corrected chi connectivity index (χ2v) is 4.04. The van der Waals surface area contributed by atoms with Gasteiger partial charge in [0.05, 0.1) is 0 Å². The molecule has 14 heavy (non-hydrogen) atoms. The first kappa shape index (κ1) is 8.98. The van der Waals surface area contributed by atoms with Gasteiger partial charge in [0.2, 0.25) is 0 Å². The number of benzene rings is 1. The van der Waals surface area contributed by atoms with Crippen molar-refractivity contribution in [1.29, 1.82) is 5.26 Å². The molecule has 0 unspecified atom stereocenters. The molecule has 0 aliphatic carbocycles. The molecule has 0 aliphatic rings. The Hall–Kier alpha value is -1.59. The van der Waals surface area contributed by atoms with E-state index in [-0.39, 0.29) is 0 Å². The molecule has 1 heterocycles. The molecule has 1 aromatic carbocycles. The van der Waals surface area contributed by atoms with E-state index in [4.69, 9.17) is 5.26 Å². The van der Waals surface area contributed by atoms with Gasteiger partial charge in [-0.2, -0.15) is 5.26 Å². The lowest BCUT2D eigenvalue weighted by molar-refractivity contribution is 1.47. The lowest BCUT2D eigenvalue weighted by Crippen LogP contribution is -1.78. The van der Waals surface area contributed by atoms with Crippen LogP contribution in [0.15, 0.2) is 35.7 Å². The number of rotatable bonds is 1. The molecule has 0 saturated heterocycles. The van der Waals surface area contributed by atoms with Gasteiger partial charge in [0.1, 0.15) is 10.9 Å². The first-order valence-electron chi connectivity index (χ1n) is 4.36. The monoisotopic (exact) mass is 199 g/mol. The van der Waals surface area contributed by atoms with Gasteiger partial charge in [-0.15, -0.1) is 11.3 Å². The molecule has 0 aliphatic heterocycles. The van der Waals surface area contributed by atoms with Crippen molar-refractivity contribution in [3.05, 3.63) is 46.2 Å². The fourth-order valence-corrected chi connectivity index (χ4v) is 2.13. The van der Waals surface area contributed by atoms with E-state index in [0.717, 1.165) is 10.4 Å². The van der Waals surface area contributed by atoms with Gasteiger partial charge in [-0.25, -0.2) is 0 Å². The summed E-state index contributed by atoms with van der Waals surface area (Å²) in [6.07, 6.45) is 0. The summed E-state index contributed by atoms with van der Waals surface area (Å²) in [6.45, 7) is 2.08. The smallest absolute Gasteiger partial charge is 0.110 e. The predicted octanol–water partition coefficient (Wildman–Crippen LogP) is 3.60. The van der Waals surface area contributed by atoms with Crippen molar-refractivity contribution >= 4 is 11.3 Å². The number of nitrogens with zero attached hydrogens (tertiary/aromatic N) is 1. The first-order valence-corrected chi connectivity index (χ1v) is 5.24. The van der Waals surface area contributed by atoms with Crippen LogP contribution in [0.2, 0.25) is 0 Å². The Morgan fingerprint density at radius 1 is 1.29 bits per heavy atom. The van der Waals surface area contributed by atoms with Gasteiger partial charge in [-0.3, -0.25) is 0 Å². The maximum Gasteiger partial charge on any atom is 0.110 e. The average molecular weight is 199 g/mol. The van der Waals surface area contributed by atoms with Crippen LogP contribution in [-0.2, 0) is 0 Å². The zero-order valence-corrected chi connectivity index (χ0v) is 8.64. The predicted molar refractivity (Wildman–Crippen MR) is 59.2 cm³/mol. The van der Waals surface area contributed by atoms with Crippen LogP contribution in [0.4, 0.5) is 0 Å². The maximum absolute atomic E-state index is 8.73. The van der Waals surface area contributed by atoms with E-state index in [0.29, 0.717) is 0 Å². The van der Waals surface area contributed by atoms with Crippen molar-refractivity contribution in [2.24, 2.45) is 0 Å². The van der Waals surface area contributed by atoms with Crippen LogP contribution in [-0.4, -0.2) is 0 Å². The number of hydrogen-bond donors (Lipinski definition) is 0. The third kappa shape index (κ3) is 1.55. The molecule has 0 saturated carbocycles. The number of nitriles is 1. The standard InChI is InChI=1S/C12H9NS/c1-9-4-2-3-5-12(9)10-6-11(7-13)14-8-10/h2-6,8H,1H3. The Bertz CT molecular complexity index is 491. The fourth-order valence-electron chi connectivity index (χ4n) is 1.43. The Labute approximate surface area is 87.3 Å². The molecule has 0 atom stereocenters. The van der Waals surface area contributed by atoms with Gasteiger partial charge < -0.3 is 0 Å². The summed E-state index contributed by atoms with van der Waals surface area (Å²) >= 11 is 1.49. The molecule has 0 N–H and O–H groups in total. The Morgan fingerprint density at radius 2 is 2.07 bits per heavy atom. The van der Waals surface area contributed by atoms with Crippen LogP contribution >= 0.6 is 11.3 Å². The zero-order chi connectivity index (χ0) is 9.97. The van der Waals surface area contributed by atoms with Crippen LogP contribution in [0.5, 0.6) is 0 Å². The third-order valence-corrected chi connectivity index (χ3v) is 3.00. The zero-order valence-electron chi connectivity index (χ0n) is 7.82. The highest BCUT2D eigenvalue weighted by atomic mass is 32.1. The summed E-state index contributed by atoms with van der Waals surface area (Å²) < 4.78 is 0. The highest BCUT2D eigenvalue weighted by Gasteiger charge is 2.03. The number of hydrogen-bond acceptors (Lipinski definition) is 2. The molecule has 1 nitrogen and oxygen atoms in total. The van der Waals surface area contributed by atoms with E-state index in [1.54, 1.807) is 0 Å². The normalized spacial score (nSPS) is 9.71. The van der Waals surface area contributed by atoms with Crippen LogP contribution in [0.25, 0.3) is 11.1 Å². The minimum Gasteiger partial charge on any atom is -0.192 e. The van der Waals surface area contributed by atoms with Crippen molar-refractivity contribution < 1.29 is 0 Å². The van der Waals surface area contributed by atoms with Crippen molar-refractivity contribution in [2.75, 3.05) is 0 Å². The quantitative estimate of drug-likeness (QED) is 0.688. The minimum absolute atomic E-state index is 0.767. The van der Waals surface area contributed by atoms with Crippen LogP contribution < -0.4 is 0 Å². The van der Waals surface area contributed by atoms with Gasteiger partial charge in [0.25, 0.3) is 0 Å². The molecule has 0 fully saturated rings. The number of aryl methyl sites for hydroxylation is 1. The van der Waals surface area contributed by atoms with E-state index in [9.17, 15) is 0 Å². The van der Waals surface area contributed by atoms with Crippen LogP contribution in [0, 0.1) is 18.3 Å². The first-order chi connectivity index (χ1) is 6.81. The van der Waals surface area contributed by atoms with Crippen LogP contribution in [0.3, 0.4) is 0 Å².